The molecule has 4 rings (SSSR count). The van der Waals surface area contributed by atoms with E-state index in [2.05, 4.69) is 0 Å². The van der Waals surface area contributed by atoms with E-state index in [1.54, 1.807) is 0 Å². The maximum Gasteiger partial charge on any atom is 0.254 e. The minimum atomic E-state index is -0.0517. The molecule has 4 heteroatoms. The summed E-state index contributed by atoms with van der Waals surface area (Å²) in [7, 11) is 0. The molecule has 2 atom stereocenters. The average molecular weight is 318 g/mol. The molecule has 2 aliphatic rings. The summed E-state index contributed by atoms with van der Waals surface area (Å²) < 4.78 is 0. The predicted octanol–water partition coefficient (Wildman–Crippen LogP) is 2.59. The lowest BCUT2D eigenvalue weighted by molar-refractivity contribution is 0.0397. The Morgan fingerprint density at radius 2 is 1.17 bits per heavy atom. The van der Waals surface area contributed by atoms with Gasteiger partial charge in [0.25, 0.3) is 11.8 Å². The van der Waals surface area contributed by atoms with Crippen LogP contribution in [0.15, 0.2) is 72.8 Å². The fourth-order valence-electron chi connectivity index (χ4n) is 3.47. The Morgan fingerprint density at radius 3 is 1.67 bits per heavy atom. The minimum absolute atomic E-state index is 0.0288. The summed E-state index contributed by atoms with van der Waals surface area (Å²) in [6.07, 6.45) is 4.09. The van der Waals surface area contributed by atoms with Gasteiger partial charge >= 0.3 is 0 Å². The highest BCUT2D eigenvalue weighted by molar-refractivity contribution is 5.97. The van der Waals surface area contributed by atoms with Crippen LogP contribution in [0.5, 0.6) is 0 Å². The molecule has 1 saturated heterocycles. The van der Waals surface area contributed by atoms with Gasteiger partial charge in [0.15, 0.2) is 0 Å². The number of hydrogen-bond donors (Lipinski definition) is 0. The third-order valence-corrected chi connectivity index (χ3v) is 4.65. The number of nitrogens with zero attached hydrogens (tertiary/aromatic N) is 2. The van der Waals surface area contributed by atoms with Gasteiger partial charge < -0.3 is 9.80 Å². The highest BCUT2D eigenvalue weighted by atomic mass is 16.2. The summed E-state index contributed by atoms with van der Waals surface area (Å²) in [6.45, 7) is 1.08. The molecule has 0 N–H and O–H groups in total. The fourth-order valence-corrected chi connectivity index (χ4v) is 3.47. The molecule has 24 heavy (non-hydrogen) atoms. The molecule has 2 bridgehead atoms. The Bertz CT molecular complexity index is 770. The van der Waals surface area contributed by atoms with Gasteiger partial charge in [0, 0.05) is 24.2 Å². The normalized spacial score (nSPS) is 21.8. The van der Waals surface area contributed by atoms with Crippen molar-refractivity contribution in [1.82, 2.24) is 9.80 Å². The molecule has 0 aromatic heterocycles. The molecule has 0 spiro atoms. The first kappa shape index (κ1) is 14.7. The van der Waals surface area contributed by atoms with Crippen LogP contribution >= 0.6 is 0 Å². The van der Waals surface area contributed by atoms with Crippen LogP contribution in [0.4, 0.5) is 0 Å². The van der Waals surface area contributed by atoms with E-state index in [0.717, 1.165) is 0 Å². The lowest BCUT2D eigenvalue weighted by Crippen LogP contribution is -2.57. The molecule has 0 radical (unpaired) electrons. The topological polar surface area (TPSA) is 40.6 Å². The van der Waals surface area contributed by atoms with Crippen molar-refractivity contribution in [2.75, 3.05) is 13.1 Å². The number of piperazine rings is 1. The second kappa shape index (κ2) is 5.96. The van der Waals surface area contributed by atoms with Crippen molar-refractivity contribution < 1.29 is 9.59 Å². The molecular weight excluding hydrogens is 300 g/mol. The monoisotopic (exact) mass is 318 g/mol. The standard InChI is InChI=1S/C20H18N2O2/c23-19(15-7-3-1-4-8-15)21-13-17-11-12-18(14-21)22(17)20(24)16-9-5-2-6-10-16/h1-12,17-18H,13-14H2/t17-,18+. The lowest BCUT2D eigenvalue weighted by Gasteiger charge is -2.41. The first-order valence-electron chi connectivity index (χ1n) is 8.14. The predicted molar refractivity (Wildman–Crippen MR) is 91.7 cm³/mol. The maximum absolute atomic E-state index is 12.8. The van der Waals surface area contributed by atoms with Crippen LogP contribution in [0.25, 0.3) is 0 Å². The van der Waals surface area contributed by atoms with E-state index in [0.29, 0.717) is 24.2 Å². The molecule has 2 aromatic carbocycles. The molecule has 2 heterocycles. The zero-order valence-corrected chi connectivity index (χ0v) is 13.2. The zero-order valence-electron chi connectivity index (χ0n) is 13.2. The number of amides is 2. The van der Waals surface area contributed by atoms with Gasteiger partial charge in [0.2, 0.25) is 0 Å². The fraction of sp³-hybridized carbons (Fsp3) is 0.200. The molecule has 4 nitrogen and oxygen atoms in total. The lowest BCUT2D eigenvalue weighted by atomic mass is 10.1. The Hall–Kier alpha value is -2.88. The molecule has 2 amide bonds. The zero-order chi connectivity index (χ0) is 16.5. The molecule has 2 aromatic rings. The smallest absolute Gasteiger partial charge is 0.254 e. The molecule has 120 valence electrons. The van der Waals surface area contributed by atoms with E-state index in [-0.39, 0.29) is 23.9 Å². The van der Waals surface area contributed by atoms with Crippen LogP contribution in [0.1, 0.15) is 20.7 Å². The molecule has 0 unspecified atom stereocenters. The molecular formula is C20H18N2O2. The summed E-state index contributed by atoms with van der Waals surface area (Å²) in [6, 6.07) is 18.5. The van der Waals surface area contributed by atoms with Gasteiger partial charge in [-0.3, -0.25) is 9.59 Å². The van der Waals surface area contributed by atoms with Crippen molar-refractivity contribution in [3.05, 3.63) is 83.9 Å². The van der Waals surface area contributed by atoms with Crippen LogP contribution in [0.2, 0.25) is 0 Å². The van der Waals surface area contributed by atoms with Crippen molar-refractivity contribution in [2.45, 2.75) is 12.1 Å². The highest BCUT2D eigenvalue weighted by Crippen LogP contribution is 2.27. The Balaban J connectivity index is 1.52. The molecule has 1 fully saturated rings. The summed E-state index contributed by atoms with van der Waals surface area (Å²) in [5, 5.41) is 0. The Kier molecular flexibility index (Phi) is 3.65. The number of hydrogen-bond acceptors (Lipinski definition) is 2. The van der Waals surface area contributed by atoms with E-state index in [9.17, 15) is 9.59 Å². The summed E-state index contributed by atoms with van der Waals surface area (Å²) >= 11 is 0. The van der Waals surface area contributed by atoms with E-state index in [1.807, 2.05) is 82.6 Å². The third-order valence-electron chi connectivity index (χ3n) is 4.65. The largest absolute Gasteiger partial charge is 0.334 e. The van der Waals surface area contributed by atoms with E-state index < -0.39 is 0 Å². The second-order valence-corrected chi connectivity index (χ2v) is 6.17. The summed E-state index contributed by atoms with van der Waals surface area (Å²) in [5.41, 5.74) is 1.39. The van der Waals surface area contributed by atoms with Gasteiger partial charge in [-0.05, 0) is 24.3 Å². The van der Waals surface area contributed by atoms with E-state index in [1.165, 1.54) is 0 Å². The minimum Gasteiger partial charge on any atom is -0.334 e. The van der Waals surface area contributed by atoms with Crippen molar-refractivity contribution in [3.63, 3.8) is 0 Å². The van der Waals surface area contributed by atoms with Crippen LogP contribution in [0, 0.1) is 0 Å². The molecule has 0 saturated carbocycles. The average Bonchev–Trinajstić information content (AvgIpc) is 2.91. The van der Waals surface area contributed by atoms with E-state index in [4.69, 9.17) is 0 Å². The van der Waals surface area contributed by atoms with Gasteiger partial charge in [-0.1, -0.05) is 48.6 Å². The van der Waals surface area contributed by atoms with Gasteiger partial charge in [0.05, 0.1) is 12.1 Å². The van der Waals surface area contributed by atoms with Crippen LogP contribution in [-0.4, -0.2) is 46.8 Å². The van der Waals surface area contributed by atoms with Crippen molar-refractivity contribution in [3.8, 4) is 0 Å². The maximum atomic E-state index is 12.8. The van der Waals surface area contributed by atoms with Gasteiger partial charge in [0.1, 0.15) is 0 Å². The van der Waals surface area contributed by atoms with Crippen LogP contribution in [0.3, 0.4) is 0 Å². The number of benzene rings is 2. The van der Waals surface area contributed by atoms with Crippen molar-refractivity contribution >= 4 is 11.8 Å². The first-order valence-corrected chi connectivity index (χ1v) is 8.14. The second-order valence-electron chi connectivity index (χ2n) is 6.17. The first-order chi connectivity index (χ1) is 11.7. The Morgan fingerprint density at radius 1 is 0.708 bits per heavy atom. The van der Waals surface area contributed by atoms with Crippen LogP contribution < -0.4 is 0 Å². The third kappa shape index (κ3) is 2.50. The van der Waals surface area contributed by atoms with Crippen molar-refractivity contribution in [2.24, 2.45) is 0 Å². The van der Waals surface area contributed by atoms with E-state index >= 15 is 0 Å². The quantitative estimate of drug-likeness (QED) is 0.799. The van der Waals surface area contributed by atoms with Gasteiger partial charge in [-0.2, -0.15) is 0 Å². The summed E-state index contributed by atoms with van der Waals surface area (Å²) in [4.78, 5) is 29.2. The molecule has 0 aliphatic carbocycles. The van der Waals surface area contributed by atoms with Crippen LogP contribution in [-0.2, 0) is 0 Å². The number of carbonyl (C=O) groups is 2. The number of carbonyl (C=O) groups excluding carboxylic acids is 2. The number of fused-ring (bicyclic) bond motifs is 2. The van der Waals surface area contributed by atoms with Crippen molar-refractivity contribution in [1.29, 1.82) is 0 Å². The highest BCUT2D eigenvalue weighted by Gasteiger charge is 2.40. The van der Waals surface area contributed by atoms with Gasteiger partial charge in [-0.25, -0.2) is 0 Å². The number of rotatable bonds is 2. The van der Waals surface area contributed by atoms with Gasteiger partial charge in [-0.15, -0.1) is 0 Å². The SMILES string of the molecule is O=C(c1ccccc1)N1C[C@H]2C=C[C@@H](C1)N2C(=O)c1ccccc1. The summed E-state index contributed by atoms with van der Waals surface area (Å²) in [5.74, 6) is 0.0588. The molecule has 2 aliphatic heterocycles. The Labute approximate surface area is 141 Å².